The van der Waals surface area contributed by atoms with E-state index in [-0.39, 0.29) is 36.4 Å². The third-order valence-electron chi connectivity index (χ3n) is 8.46. The van der Waals surface area contributed by atoms with E-state index in [4.69, 9.17) is 9.47 Å². The van der Waals surface area contributed by atoms with Crippen molar-refractivity contribution in [2.75, 3.05) is 32.8 Å². The number of urea groups is 1. The first kappa shape index (κ1) is 31.1. The van der Waals surface area contributed by atoms with Crippen LogP contribution in [0.2, 0.25) is 0 Å². The topological polar surface area (TPSA) is 126 Å². The largest absolute Gasteiger partial charge is 0.457 e. The zero-order valence-electron chi connectivity index (χ0n) is 25.4. The lowest BCUT2D eigenvalue weighted by atomic mass is 9.99. The van der Waals surface area contributed by atoms with Crippen molar-refractivity contribution >= 4 is 29.2 Å². The predicted molar refractivity (Wildman–Crippen MR) is 166 cm³/mol. The number of nitrogens with one attached hydrogen (secondary N) is 2. The Bertz CT molecular complexity index is 1550. The van der Waals surface area contributed by atoms with Crippen molar-refractivity contribution in [3.05, 3.63) is 58.3 Å². The quantitative estimate of drug-likeness (QED) is 0.324. The molecule has 1 aromatic heterocycles. The molecule has 0 radical (unpaired) electrons. The summed E-state index contributed by atoms with van der Waals surface area (Å²) in [6.45, 7) is 7.21. The Morgan fingerprint density at radius 3 is 2.49 bits per heavy atom. The normalized spacial score (nSPS) is 18.4. The summed E-state index contributed by atoms with van der Waals surface area (Å²) in [5.41, 5.74) is 1.06. The number of nitrogens with zero attached hydrogens (tertiary/aromatic N) is 4. The van der Waals surface area contributed by atoms with Gasteiger partial charge in [-0.05, 0) is 62.1 Å². The van der Waals surface area contributed by atoms with Gasteiger partial charge in [-0.15, -0.1) is 10.2 Å². The van der Waals surface area contributed by atoms with Gasteiger partial charge in [0.25, 0.3) is 5.91 Å². The van der Waals surface area contributed by atoms with Crippen molar-refractivity contribution in [2.45, 2.75) is 64.1 Å². The molecular weight excluding hydrogens is 599 g/mol. The molecule has 0 spiro atoms. The van der Waals surface area contributed by atoms with Crippen LogP contribution >= 0.6 is 11.3 Å². The number of likely N-dealkylation sites (tertiary alicyclic amines) is 1. The van der Waals surface area contributed by atoms with Crippen molar-refractivity contribution in [3.8, 4) is 22.1 Å². The van der Waals surface area contributed by atoms with E-state index >= 15 is 4.39 Å². The fourth-order valence-electron chi connectivity index (χ4n) is 5.90. The summed E-state index contributed by atoms with van der Waals surface area (Å²) in [5, 5.41) is 15.5. The van der Waals surface area contributed by atoms with Crippen LogP contribution in [0.1, 0.15) is 66.4 Å². The van der Waals surface area contributed by atoms with Crippen LogP contribution in [-0.4, -0.2) is 82.8 Å². The minimum absolute atomic E-state index is 0.0690. The Morgan fingerprint density at radius 2 is 1.84 bits per heavy atom. The van der Waals surface area contributed by atoms with Crippen LogP contribution < -0.4 is 15.4 Å². The molecule has 238 valence electrons. The standard InChI is InChI=1S/C32H37FN6O5S/c1-19(2)30-36-37-31(45-30)20-3-5-24(6-4-20)44-27-16-25(26(33)15-21(27)17-39-18-28(40)35-32(39)42)29(41)34-22-7-11-38(12-8-22)23-9-13-43-14-10-23/h3-6,15-16,19,22-23H,7-14,17-18H2,1-2H3,(H,34,41)(H,35,40,42). The van der Waals surface area contributed by atoms with Gasteiger partial charge < -0.3 is 24.6 Å². The minimum Gasteiger partial charge on any atom is -0.457 e. The van der Waals surface area contributed by atoms with Crippen LogP contribution in [0.3, 0.4) is 0 Å². The molecule has 3 aliphatic heterocycles. The maximum Gasteiger partial charge on any atom is 0.324 e. The lowest BCUT2D eigenvalue weighted by Crippen LogP contribution is -2.49. The van der Waals surface area contributed by atoms with Gasteiger partial charge in [0.1, 0.15) is 33.9 Å². The highest BCUT2D eigenvalue weighted by Crippen LogP contribution is 2.33. The highest BCUT2D eigenvalue weighted by atomic mass is 32.1. The van der Waals surface area contributed by atoms with E-state index in [2.05, 4.69) is 39.6 Å². The number of hydrogen-bond donors (Lipinski definition) is 2. The smallest absolute Gasteiger partial charge is 0.324 e. The maximum atomic E-state index is 15.5. The number of aromatic nitrogens is 2. The molecule has 0 aliphatic carbocycles. The summed E-state index contributed by atoms with van der Waals surface area (Å²) in [6, 6.07) is 9.69. The monoisotopic (exact) mass is 636 g/mol. The molecule has 4 amide bonds. The summed E-state index contributed by atoms with van der Waals surface area (Å²) in [5.74, 6) is -0.736. The number of hydrogen-bond acceptors (Lipinski definition) is 9. The Morgan fingerprint density at radius 1 is 1.11 bits per heavy atom. The molecule has 0 atom stereocenters. The van der Waals surface area contributed by atoms with Gasteiger partial charge in [-0.1, -0.05) is 25.2 Å². The third-order valence-corrected chi connectivity index (χ3v) is 9.73. The summed E-state index contributed by atoms with van der Waals surface area (Å²) >= 11 is 1.52. The number of rotatable bonds is 9. The number of benzene rings is 2. The fourth-order valence-corrected chi connectivity index (χ4v) is 6.75. The van der Waals surface area contributed by atoms with E-state index in [1.54, 1.807) is 12.1 Å². The second-order valence-electron chi connectivity index (χ2n) is 12.0. The Balaban J connectivity index is 1.19. The van der Waals surface area contributed by atoms with Gasteiger partial charge in [0.05, 0.1) is 12.1 Å². The van der Waals surface area contributed by atoms with E-state index in [0.29, 0.717) is 17.4 Å². The van der Waals surface area contributed by atoms with Crippen molar-refractivity contribution < 1.29 is 28.2 Å². The van der Waals surface area contributed by atoms with Gasteiger partial charge in [0, 0.05) is 55.4 Å². The third kappa shape index (κ3) is 7.32. The Kier molecular flexibility index (Phi) is 9.38. The summed E-state index contributed by atoms with van der Waals surface area (Å²) in [6.07, 6.45) is 3.61. The Labute approximate surface area is 265 Å². The van der Waals surface area contributed by atoms with Gasteiger partial charge >= 0.3 is 6.03 Å². The van der Waals surface area contributed by atoms with E-state index < -0.39 is 23.7 Å². The predicted octanol–water partition coefficient (Wildman–Crippen LogP) is 4.68. The Hall–Kier alpha value is -3.94. The highest BCUT2D eigenvalue weighted by Gasteiger charge is 2.30. The average Bonchev–Trinajstić information content (AvgIpc) is 3.66. The average molecular weight is 637 g/mol. The molecule has 6 rings (SSSR count). The fraction of sp³-hybridized carbons (Fsp3) is 0.469. The number of piperidine rings is 1. The van der Waals surface area contributed by atoms with E-state index in [1.807, 2.05) is 12.1 Å². The van der Waals surface area contributed by atoms with Crippen LogP contribution in [0.25, 0.3) is 10.6 Å². The summed E-state index contributed by atoms with van der Waals surface area (Å²) < 4.78 is 27.2. The van der Waals surface area contributed by atoms with E-state index in [9.17, 15) is 14.4 Å². The van der Waals surface area contributed by atoms with E-state index in [1.165, 1.54) is 28.4 Å². The number of carbonyl (C=O) groups is 3. The van der Waals surface area contributed by atoms with Crippen LogP contribution in [0.5, 0.6) is 11.5 Å². The zero-order chi connectivity index (χ0) is 31.5. The number of halogens is 1. The molecule has 0 unspecified atom stereocenters. The maximum absolute atomic E-state index is 15.5. The number of carbonyl (C=O) groups excluding carboxylic acids is 3. The summed E-state index contributed by atoms with van der Waals surface area (Å²) in [7, 11) is 0. The molecule has 2 aromatic carbocycles. The van der Waals surface area contributed by atoms with E-state index in [0.717, 1.165) is 67.6 Å². The van der Waals surface area contributed by atoms with Crippen LogP contribution in [0, 0.1) is 5.82 Å². The van der Waals surface area contributed by atoms with Crippen molar-refractivity contribution in [2.24, 2.45) is 0 Å². The molecule has 45 heavy (non-hydrogen) atoms. The first-order chi connectivity index (χ1) is 21.7. The number of ether oxygens (including phenoxy) is 2. The van der Waals surface area contributed by atoms with Crippen LogP contribution in [0.4, 0.5) is 9.18 Å². The molecule has 4 heterocycles. The van der Waals surface area contributed by atoms with Crippen LogP contribution in [0.15, 0.2) is 36.4 Å². The second kappa shape index (κ2) is 13.6. The number of amides is 4. The van der Waals surface area contributed by atoms with Gasteiger partial charge in [0.2, 0.25) is 5.91 Å². The molecule has 2 N–H and O–H groups in total. The molecule has 0 saturated carbocycles. The summed E-state index contributed by atoms with van der Waals surface area (Å²) in [4.78, 5) is 41.1. The minimum atomic E-state index is -0.729. The van der Waals surface area contributed by atoms with Gasteiger partial charge in [-0.3, -0.25) is 14.9 Å². The molecule has 3 saturated heterocycles. The van der Waals surface area contributed by atoms with Crippen molar-refractivity contribution in [3.63, 3.8) is 0 Å². The molecule has 11 nitrogen and oxygen atoms in total. The number of imide groups is 1. The lowest BCUT2D eigenvalue weighted by Gasteiger charge is -2.39. The molecule has 3 aromatic rings. The molecule has 0 bridgehead atoms. The van der Waals surface area contributed by atoms with Gasteiger partial charge in [0.15, 0.2) is 0 Å². The molecule has 3 fully saturated rings. The first-order valence-corrected chi connectivity index (χ1v) is 16.2. The first-order valence-electron chi connectivity index (χ1n) is 15.4. The molecule has 3 aliphatic rings. The van der Waals surface area contributed by atoms with Crippen molar-refractivity contribution in [1.29, 1.82) is 0 Å². The second-order valence-corrected chi connectivity index (χ2v) is 13.0. The molecular formula is C32H37FN6O5S. The van der Waals surface area contributed by atoms with Crippen molar-refractivity contribution in [1.82, 2.24) is 30.6 Å². The molecule has 13 heteroatoms. The van der Waals surface area contributed by atoms with Gasteiger partial charge in [-0.2, -0.15) is 0 Å². The highest BCUT2D eigenvalue weighted by molar-refractivity contribution is 7.14. The SMILES string of the molecule is CC(C)c1nnc(-c2ccc(Oc3cc(C(=O)NC4CCN(C5CCOCC5)CC4)c(F)cc3CN3CC(=O)NC3=O)cc2)s1. The van der Waals surface area contributed by atoms with Gasteiger partial charge in [-0.25, -0.2) is 9.18 Å². The van der Waals surface area contributed by atoms with Crippen LogP contribution in [-0.2, 0) is 16.1 Å². The lowest BCUT2D eigenvalue weighted by molar-refractivity contribution is -0.118. The zero-order valence-corrected chi connectivity index (χ0v) is 26.2.